The molecule has 0 saturated heterocycles. The number of hydrogen-bond donors (Lipinski definition) is 1. The Balaban J connectivity index is 2.19. The number of rotatable bonds is 5. The van der Waals surface area contributed by atoms with Gasteiger partial charge in [-0.1, -0.05) is 37.3 Å². The van der Waals surface area contributed by atoms with Gasteiger partial charge in [-0.25, -0.2) is 8.42 Å². The molecule has 0 aromatic heterocycles. The van der Waals surface area contributed by atoms with Gasteiger partial charge >= 0.3 is 0 Å². The lowest BCUT2D eigenvalue weighted by Gasteiger charge is -2.13. The van der Waals surface area contributed by atoms with Crippen molar-refractivity contribution in [3.8, 4) is 0 Å². The van der Waals surface area contributed by atoms with E-state index in [-0.39, 0.29) is 11.7 Å². The van der Waals surface area contributed by atoms with Crippen LogP contribution < -0.4 is 5.32 Å². The summed E-state index contributed by atoms with van der Waals surface area (Å²) >= 11 is 0. The number of carbonyl (C=O) groups is 1. The largest absolute Gasteiger partial charge is 0.321 e. The first-order valence-corrected chi connectivity index (χ1v) is 9.52. The van der Waals surface area contributed by atoms with Crippen molar-refractivity contribution in [3.05, 3.63) is 64.7 Å². The molecule has 0 aliphatic carbocycles. The van der Waals surface area contributed by atoms with Crippen LogP contribution in [0.15, 0.2) is 42.5 Å². The molecule has 0 spiro atoms. The van der Waals surface area contributed by atoms with Crippen LogP contribution in [-0.4, -0.2) is 20.6 Å². The number of para-hydroxylation sites is 1. The van der Waals surface area contributed by atoms with E-state index in [1.165, 1.54) is 6.26 Å². The third kappa shape index (κ3) is 4.66. The van der Waals surface area contributed by atoms with Crippen molar-refractivity contribution in [2.75, 3.05) is 11.6 Å². The van der Waals surface area contributed by atoms with E-state index in [4.69, 9.17) is 0 Å². The van der Waals surface area contributed by atoms with Crippen LogP contribution in [0.25, 0.3) is 0 Å². The van der Waals surface area contributed by atoms with E-state index in [0.717, 1.165) is 23.2 Å². The Morgan fingerprint density at radius 1 is 1.09 bits per heavy atom. The second-order valence-corrected chi connectivity index (χ2v) is 7.82. The Hall–Kier alpha value is -2.14. The summed E-state index contributed by atoms with van der Waals surface area (Å²) in [5.41, 5.74) is 4.14. The number of nitrogens with one attached hydrogen (secondary N) is 1. The van der Waals surface area contributed by atoms with Gasteiger partial charge in [-0.15, -0.1) is 0 Å². The van der Waals surface area contributed by atoms with Crippen LogP contribution in [0.2, 0.25) is 0 Å². The van der Waals surface area contributed by atoms with Crippen molar-refractivity contribution in [2.45, 2.75) is 26.0 Å². The summed E-state index contributed by atoms with van der Waals surface area (Å²) in [6.07, 6.45) is 2.03. The highest BCUT2D eigenvalue weighted by Crippen LogP contribution is 2.22. The molecule has 4 nitrogen and oxygen atoms in total. The molecule has 5 heteroatoms. The average Bonchev–Trinajstić information content (AvgIpc) is 2.48. The van der Waals surface area contributed by atoms with Crippen molar-refractivity contribution in [2.24, 2.45) is 0 Å². The molecule has 0 bridgehead atoms. The number of sulfone groups is 1. The number of hydrogen-bond acceptors (Lipinski definition) is 3. The quantitative estimate of drug-likeness (QED) is 0.914. The standard InChI is InChI=1S/C18H21NO3S/c1-4-15-7-5-6-13(2)17(15)19-18(20)16-10-8-14(9-11-16)12-23(3,21)22/h5-11H,4,12H2,1-3H3,(H,19,20). The molecule has 0 aliphatic rings. The number of aryl methyl sites for hydroxylation is 2. The second-order valence-electron chi connectivity index (χ2n) is 5.68. The molecule has 122 valence electrons. The van der Waals surface area contributed by atoms with E-state index in [1.807, 2.05) is 32.0 Å². The summed E-state index contributed by atoms with van der Waals surface area (Å²) in [4.78, 5) is 12.4. The molecule has 0 heterocycles. The first-order chi connectivity index (χ1) is 10.8. The van der Waals surface area contributed by atoms with Crippen molar-refractivity contribution in [3.63, 3.8) is 0 Å². The third-order valence-electron chi connectivity index (χ3n) is 3.62. The molecular formula is C18H21NO3S. The van der Waals surface area contributed by atoms with Crippen molar-refractivity contribution >= 4 is 21.4 Å². The fourth-order valence-corrected chi connectivity index (χ4v) is 3.24. The van der Waals surface area contributed by atoms with Crippen LogP contribution in [0.1, 0.15) is 34.0 Å². The zero-order valence-corrected chi connectivity index (χ0v) is 14.4. The average molecular weight is 331 g/mol. The van der Waals surface area contributed by atoms with Gasteiger partial charge in [0.2, 0.25) is 0 Å². The van der Waals surface area contributed by atoms with Gasteiger partial charge in [0.1, 0.15) is 0 Å². The number of carbonyl (C=O) groups excluding carboxylic acids is 1. The van der Waals surface area contributed by atoms with E-state index in [9.17, 15) is 13.2 Å². The van der Waals surface area contributed by atoms with Gasteiger partial charge in [-0.2, -0.15) is 0 Å². The Bertz CT molecular complexity index is 809. The maximum Gasteiger partial charge on any atom is 0.255 e. The normalized spacial score (nSPS) is 11.3. The lowest BCUT2D eigenvalue weighted by molar-refractivity contribution is 0.102. The van der Waals surface area contributed by atoms with Crippen LogP contribution in [0.4, 0.5) is 5.69 Å². The number of anilines is 1. The molecule has 1 N–H and O–H groups in total. The molecule has 0 aliphatic heterocycles. The van der Waals surface area contributed by atoms with E-state index < -0.39 is 9.84 Å². The molecule has 23 heavy (non-hydrogen) atoms. The second kappa shape index (κ2) is 6.96. The molecule has 2 aromatic carbocycles. The molecule has 1 amide bonds. The maximum absolute atomic E-state index is 12.4. The van der Waals surface area contributed by atoms with E-state index in [1.54, 1.807) is 24.3 Å². The molecule has 0 fully saturated rings. The fraction of sp³-hybridized carbons (Fsp3) is 0.278. The molecule has 0 atom stereocenters. The maximum atomic E-state index is 12.4. The summed E-state index contributed by atoms with van der Waals surface area (Å²) in [5.74, 6) is -0.216. The third-order valence-corrected chi connectivity index (χ3v) is 4.48. The van der Waals surface area contributed by atoms with E-state index in [2.05, 4.69) is 5.32 Å². The fourth-order valence-electron chi connectivity index (χ4n) is 2.44. The lowest BCUT2D eigenvalue weighted by atomic mass is 10.1. The first kappa shape index (κ1) is 17.2. The Morgan fingerprint density at radius 3 is 2.30 bits per heavy atom. The van der Waals surface area contributed by atoms with Crippen molar-refractivity contribution in [1.29, 1.82) is 0 Å². The summed E-state index contributed by atoms with van der Waals surface area (Å²) in [7, 11) is -3.07. The minimum atomic E-state index is -3.07. The lowest BCUT2D eigenvalue weighted by Crippen LogP contribution is -2.14. The highest BCUT2D eigenvalue weighted by atomic mass is 32.2. The Labute approximate surface area is 137 Å². The van der Waals surface area contributed by atoms with Crippen molar-refractivity contribution in [1.82, 2.24) is 0 Å². The molecule has 0 radical (unpaired) electrons. The van der Waals surface area contributed by atoms with Gasteiger partial charge in [0, 0.05) is 17.5 Å². The van der Waals surface area contributed by atoms with Gasteiger partial charge in [0.05, 0.1) is 5.75 Å². The van der Waals surface area contributed by atoms with Crippen LogP contribution in [0.3, 0.4) is 0 Å². The molecule has 0 unspecified atom stereocenters. The molecular weight excluding hydrogens is 310 g/mol. The summed E-state index contributed by atoms with van der Waals surface area (Å²) in [6, 6.07) is 12.6. The van der Waals surface area contributed by atoms with Crippen molar-refractivity contribution < 1.29 is 13.2 Å². The van der Waals surface area contributed by atoms with Gasteiger partial charge in [0.25, 0.3) is 5.91 Å². The monoisotopic (exact) mass is 331 g/mol. The minimum Gasteiger partial charge on any atom is -0.321 e. The molecule has 2 aromatic rings. The van der Waals surface area contributed by atoms with Crippen LogP contribution in [-0.2, 0) is 22.0 Å². The van der Waals surface area contributed by atoms with Gasteiger partial charge in [-0.05, 0) is 42.2 Å². The highest BCUT2D eigenvalue weighted by molar-refractivity contribution is 7.89. The predicted octanol–water partition coefficient (Wildman–Crippen LogP) is 3.35. The first-order valence-electron chi connectivity index (χ1n) is 7.46. The topological polar surface area (TPSA) is 63.2 Å². The zero-order chi connectivity index (χ0) is 17.0. The molecule has 2 rings (SSSR count). The zero-order valence-electron chi connectivity index (χ0n) is 13.6. The van der Waals surface area contributed by atoms with Crippen LogP contribution >= 0.6 is 0 Å². The van der Waals surface area contributed by atoms with Crippen LogP contribution in [0.5, 0.6) is 0 Å². The van der Waals surface area contributed by atoms with E-state index >= 15 is 0 Å². The van der Waals surface area contributed by atoms with E-state index in [0.29, 0.717) is 11.1 Å². The SMILES string of the molecule is CCc1cccc(C)c1NC(=O)c1ccc(CS(C)(=O)=O)cc1. The smallest absolute Gasteiger partial charge is 0.255 e. The Morgan fingerprint density at radius 2 is 1.74 bits per heavy atom. The van der Waals surface area contributed by atoms with Crippen LogP contribution in [0, 0.1) is 6.92 Å². The summed E-state index contributed by atoms with van der Waals surface area (Å²) < 4.78 is 22.6. The molecule has 0 saturated carbocycles. The minimum absolute atomic E-state index is 0.0212. The van der Waals surface area contributed by atoms with Gasteiger partial charge in [0.15, 0.2) is 9.84 Å². The van der Waals surface area contributed by atoms with Gasteiger partial charge in [-0.3, -0.25) is 4.79 Å². The highest BCUT2D eigenvalue weighted by Gasteiger charge is 2.11. The predicted molar refractivity (Wildman–Crippen MR) is 93.5 cm³/mol. The Kier molecular flexibility index (Phi) is 5.21. The van der Waals surface area contributed by atoms with Gasteiger partial charge < -0.3 is 5.32 Å². The summed E-state index contributed by atoms with van der Waals surface area (Å²) in [5, 5.41) is 2.96. The summed E-state index contributed by atoms with van der Waals surface area (Å²) in [6.45, 7) is 4.01. The number of amides is 1. The number of benzene rings is 2.